The minimum atomic E-state index is 0.304. The van der Waals surface area contributed by atoms with Gasteiger partial charge in [0, 0.05) is 36.2 Å². The summed E-state index contributed by atoms with van der Waals surface area (Å²) < 4.78 is 0. The van der Waals surface area contributed by atoms with Gasteiger partial charge < -0.3 is 5.32 Å². The number of hydrogen-bond acceptors (Lipinski definition) is 2. The van der Waals surface area contributed by atoms with Gasteiger partial charge in [-0.2, -0.15) is 0 Å². The van der Waals surface area contributed by atoms with Gasteiger partial charge in [0.25, 0.3) is 0 Å². The zero-order valence-electron chi connectivity index (χ0n) is 10.4. The predicted molar refractivity (Wildman–Crippen MR) is 69.8 cm³/mol. The molecule has 1 saturated heterocycles. The molecule has 2 nitrogen and oxygen atoms in total. The lowest BCUT2D eigenvalue weighted by molar-refractivity contribution is 0.0827. The first-order valence-corrected chi connectivity index (χ1v) is 6.75. The maximum atomic E-state index is 5.97. The van der Waals surface area contributed by atoms with Crippen molar-refractivity contribution < 1.29 is 0 Å². The van der Waals surface area contributed by atoms with Gasteiger partial charge >= 0.3 is 0 Å². The van der Waals surface area contributed by atoms with Crippen LogP contribution in [0, 0.1) is 5.92 Å². The summed E-state index contributed by atoms with van der Waals surface area (Å²) >= 11 is 5.97. The second kappa shape index (κ2) is 4.67. The first kappa shape index (κ1) is 12.4. The van der Waals surface area contributed by atoms with E-state index in [1.165, 1.54) is 19.3 Å². The maximum absolute atomic E-state index is 5.97. The molecular weight excluding hydrogens is 220 g/mol. The van der Waals surface area contributed by atoms with E-state index < -0.39 is 0 Å². The molecule has 3 heteroatoms. The van der Waals surface area contributed by atoms with E-state index in [1.807, 2.05) is 0 Å². The van der Waals surface area contributed by atoms with Crippen molar-refractivity contribution in [1.82, 2.24) is 10.2 Å². The van der Waals surface area contributed by atoms with E-state index in [-0.39, 0.29) is 0 Å². The average Bonchev–Trinajstić information content (AvgIpc) is 3.00. The Morgan fingerprint density at radius 2 is 2.25 bits per heavy atom. The van der Waals surface area contributed by atoms with Gasteiger partial charge in [-0.3, -0.25) is 4.90 Å². The van der Waals surface area contributed by atoms with E-state index in [0.29, 0.717) is 11.6 Å². The van der Waals surface area contributed by atoms with Gasteiger partial charge in [-0.05, 0) is 32.1 Å². The third-order valence-electron chi connectivity index (χ3n) is 4.11. The summed E-state index contributed by atoms with van der Waals surface area (Å²) in [7, 11) is 0. The van der Waals surface area contributed by atoms with Crippen molar-refractivity contribution in [2.75, 3.05) is 19.6 Å². The fourth-order valence-corrected chi connectivity index (χ4v) is 3.04. The number of hydrogen-bond donors (Lipinski definition) is 1. The Morgan fingerprint density at radius 1 is 1.56 bits per heavy atom. The summed E-state index contributed by atoms with van der Waals surface area (Å²) in [4.78, 5) is 2.50. The molecule has 1 N–H and O–H groups in total. The Bertz CT molecular complexity index is 275. The number of piperazine rings is 1. The van der Waals surface area contributed by atoms with Crippen molar-refractivity contribution in [3.05, 3.63) is 11.6 Å². The molecule has 1 heterocycles. The van der Waals surface area contributed by atoms with Crippen LogP contribution in [-0.4, -0.2) is 36.1 Å². The Hall–Kier alpha value is -0.0500. The van der Waals surface area contributed by atoms with Crippen LogP contribution in [0.25, 0.3) is 0 Å². The molecule has 2 fully saturated rings. The summed E-state index contributed by atoms with van der Waals surface area (Å²) in [6, 6.07) is 0.613. The summed E-state index contributed by atoms with van der Waals surface area (Å²) in [6.07, 6.45) is 3.95. The van der Waals surface area contributed by atoms with Gasteiger partial charge in [0.05, 0.1) is 0 Å². The highest BCUT2D eigenvalue weighted by molar-refractivity contribution is 6.29. The standard InChI is InChI=1S/C13H23ClN2/c1-4-12-7-15-13(3,11-5-6-11)9-16(12)8-10(2)14/h11-12,15H,2,4-9H2,1,3H3. The van der Waals surface area contributed by atoms with E-state index in [0.717, 1.165) is 30.6 Å². The van der Waals surface area contributed by atoms with E-state index in [9.17, 15) is 0 Å². The molecule has 2 aliphatic rings. The van der Waals surface area contributed by atoms with Gasteiger partial charge in [-0.25, -0.2) is 0 Å². The highest BCUT2D eigenvalue weighted by Gasteiger charge is 2.45. The van der Waals surface area contributed by atoms with E-state index in [1.54, 1.807) is 0 Å². The number of nitrogens with one attached hydrogen (secondary N) is 1. The van der Waals surface area contributed by atoms with Crippen LogP contribution < -0.4 is 5.32 Å². The molecule has 2 atom stereocenters. The Morgan fingerprint density at radius 3 is 2.75 bits per heavy atom. The fraction of sp³-hybridized carbons (Fsp3) is 0.846. The van der Waals surface area contributed by atoms with Crippen molar-refractivity contribution in [3.8, 4) is 0 Å². The monoisotopic (exact) mass is 242 g/mol. The quantitative estimate of drug-likeness (QED) is 0.815. The lowest BCUT2D eigenvalue weighted by atomic mass is 9.90. The van der Waals surface area contributed by atoms with Gasteiger partial charge in [0.15, 0.2) is 0 Å². The van der Waals surface area contributed by atoms with E-state index in [2.05, 4.69) is 30.6 Å². The normalized spacial score (nSPS) is 36.3. The lowest BCUT2D eigenvalue weighted by Gasteiger charge is -2.46. The van der Waals surface area contributed by atoms with Crippen molar-refractivity contribution in [3.63, 3.8) is 0 Å². The Balaban J connectivity index is 2.02. The molecule has 1 saturated carbocycles. The summed E-state index contributed by atoms with van der Waals surface area (Å²) in [5, 5.41) is 4.51. The third kappa shape index (κ3) is 2.61. The summed E-state index contributed by atoms with van der Waals surface area (Å²) in [5.74, 6) is 0.872. The molecule has 2 unspecified atom stereocenters. The SMILES string of the molecule is C=C(Cl)CN1CC(C)(C2CC2)NCC1CC. The largest absolute Gasteiger partial charge is 0.308 e. The van der Waals surface area contributed by atoms with Crippen LogP contribution in [0.15, 0.2) is 11.6 Å². The van der Waals surface area contributed by atoms with E-state index >= 15 is 0 Å². The molecule has 0 aromatic rings. The summed E-state index contributed by atoms with van der Waals surface area (Å²) in [6.45, 7) is 11.5. The number of halogens is 1. The number of rotatable bonds is 4. The lowest BCUT2D eigenvalue weighted by Crippen LogP contribution is -2.63. The highest BCUT2D eigenvalue weighted by atomic mass is 35.5. The fourth-order valence-electron chi connectivity index (χ4n) is 2.89. The second-order valence-corrected chi connectivity index (χ2v) is 6.09. The zero-order valence-corrected chi connectivity index (χ0v) is 11.2. The molecule has 16 heavy (non-hydrogen) atoms. The van der Waals surface area contributed by atoms with E-state index in [4.69, 9.17) is 11.6 Å². The average molecular weight is 243 g/mol. The second-order valence-electron chi connectivity index (χ2n) is 5.56. The van der Waals surface area contributed by atoms with Gasteiger partial charge in [-0.1, -0.05) is 25.1 Å². The summed E-state index contributed by atoms with van der Waals surface area (Å²) in [5.41, 5.74) is 0.304. The van der Waals surface area contributed by atoms with Crippen molar-refractivity contribution in [1.29, 1.82) is 0 Å². The first-order valence-electron chi connectivity index (χ1n) is 6.37. The number of nitrogens with zero attached hydrogens (tertiary/aromatic N) is 1. The molecule has 92 valence electrons. The molecule has 0 spiro atoms. The van der Waals surface area contributed by atoms with Crippen LogP contribution in [0.1, 0.15) is 33.1 Å². The molecule has 0 bridgehead atoms. The Labute approximate surface area is 104 Å². The molecule has 1 aliphatic heterocycles. The molecule has 2 rings (SSSR count). The minimum Gasteiger partial charge on any atom is -0.308 e. The zero-order chi connectivity index (χ0) is 11.8. The van der Waals surface area contributed by atoms with Crippen LogP contribution in [0.4, 0.5) is 0 Å². The van der Waals surface area contributed by atoms with Crippen molar-refractivity contribution in [2.45, 2.75) is 44.7 Å². The molecular formula is C13H23ClN2. The maximum Gasteiger partial charge on any atom is 0.0339 e. The van der Waals surface area contributed by atoms with Gasteiger partial charge in [0.2, 0.25) is 0 Å². The van der Waals surface area contributed by atoms with Crippen molar-refractivity contribution in [2.24, 2.45) is 5.92 Å². The highest BCUT2D eigenvalue weighted by Crippen LogP contribution is 2.41. The molecule has 0 amide bonds. The minimum absolute atomic E-state index is 0.304. The van der Waals surface area contributed by atoms with Crippen LogP contribution in [0.3, 0.4) is 0 Å². The molecule has 1 aliphatic carbocycles. The topological polar surface area (TPSA) is 15.3 Å². The third-order valence-corrected chi connectivity index (χ3v) is 4.23. The van der Waals surface area contributed by atoms with Crippen molar-refractivity contribution >= 4 is 11.6 Å². The smallest absolute Gasteiger partial charge is 0.0339 e. The molecule has 0 aromatic carbocycles. The Kier molecular flexibility index (Phi) is 3.62. The predicted octanol–water partition coefficient (Wildman–Crippen LogP) is 2.59. The molecule has 0 radical (unpaired) electrons. The van der Waals surface area contributed by atoms with Gasteiger partial charge in [-0.15, -0.1) is 0 Å². The van der Waals surface area contributed by atoms with Crippen LogP contribution in [0.5, 0.6) is 0 Å². The first-order chi connectivity index (χ1) is 7.55. The van der Waals surface area contributed by atoms with Crippen LogP contribution >= 0.6 is 11.6 Å². The molecule has 0 aromatic heterocycles. The van der Waals surface area contributed by atoms with Crippen LogP contribution in [-0.2, 0) is 0 Å². The van der Waals surface area contributed by atoms with Crippen LogP contribution in [0.2, 0.25) is 0 Å². The van der Waals surface area contributed by atoms with Gasteiger partial charge in [0.1, 0.15) is 0 Å².